The van der Waals surface area contributed by atoms with Crippen LogP contribution in [0.3, 0.4) is 0 Å². The maximum Gasteiger partial charge on any atom is 0.302 e. The molecule has 1 aromatic rings. The van der Waals surface area contributed by atoms with Crippen LogP contribution >= 0.6 is 22.6 Å². The number of esters is 1. The molecule has 2 nitrogen and oxygen atoms in total. The molecule has 0 aliphatic carbocycles. The Balaban J connectivity index is 2.31. The van der Waals surface area contributed by atoms with Crippen molar-refractivity contribution in [3.8, 4) is 0 Å². The summed E-state index contributed by atoms with van der Waals surface area (Å²) in [6, 6.07) is 8.25. The molecule has 0 unspecified atom stereocenters. The number of carbonyl (C=O) groups is 1. The van der Waals surface area contributed by atoms with Crippen LogP contribution in [-0.2, 0) is 16.0 Å². The monoisotopic (exact) mass is 304 g/mol. The number of benzene rings is 1. The van der Waals surface area contributed by atoms with Gasteiger partial charge in [0, 0.05) is 10.5 Å². The maximum absolute atomic E-state index is 10.5. The third-order valence-electron chi connectivity index (χ3n) is 1.85. The van der Waals surface area contributed by atoms with Crippen LogP contribution < -0.4 is 0 Å². The molecular formula is C11H13IO2. The molecule has 0 saturated heterocycles. The van der Waals surface area contributed by atoms with Gasteiger partial charge in [-0.15, -0.1) is 0 Å². The van der Waals surface area contributed by atoms with Crippen molar-refractivity contribution in [2.75, 3.05) is 6.61 Å². The molecule has 0 heterocycles. The van der Waals surface area contributed by atoms with Crippen molar-refractivity contribution < 1.29 is 9.53 Å². The zero-order valence-electron chi connectivity index (χ0n) is 8.13. The minimum Gasteiger partial charge on any atom is -0.466 e. The molecule has 0 aromatic heterocycles. The fraction of sp³-hybridized carbons (Fsp3) is 0.364. The molecule has 0 atom stereocenters. The number of halogens is 1. The first-order valence-electron chi connectivity index (χ1n) is 4.57. The van der Waals surface area contributed by atoms with Crippen LogP contribution in [0.5, 0.6) is 0 Å². The molecule has 0 N–H and O–H groups in total. The van der Waals surface area contributed by atoms with Crippen LogP contribution in [0.1, 0.15) is 18.9 Å². The zero-order chi connectivity index (χ0) is 10.4. The Bertz CT molecular complexity index is 310. The van der Waals surface area contributed by atoms with Crippen molar-refractivity contribution in [1.29, 1.82) is 0 Å². The van der Waals surface area contributed by atoms with Crippen molar-refractivity contribution in [3.63, 3.8) is 0 Å². The van der Waals surface area contributed by atoms with Gasteiger partial charge in [-0.25, -0.2) is 0 Å². The minimum absolute atomic E-state index is 0.201. The van der Waals surface area contributed by atoms with E-state index in [2.05, 4.69) is 34.7 Å². The largest absolute Gasteiger partial charge is 0.466 e. The van der Waals surface area contributed by atoms with Gasteiger partial charge in [-0.2, -0.15) is 0 Å². The molecule has 0 aliphatic rings. The molecule has 0 amide bonds. The van der Waals surface area contributed by atoms with Crippen LogP contribution in [-0.4, -0.2) is 12.6 Å². The lowest BCUT2D eigenvalue weighted by molar-refractivity contribution is -0.141. The Morgan fingerprint density at radius 3 is 2.79 bits per heavy atom. The van der Waals surface area contributed by atoms with E-state index in [0.29, 0.717) is 6.61 Å². The third kappa shape index (κ3) is 4.09. The lowest BCUT2D eigenvalue weighted by Gasteiger charge is -2.04. The highest BCUT2D eigenvalue weighted by atomic mass is 127. The number of aryl methyl sites for hydroxylation is 1. The second-order valence-corrected chi connectivity index (χ2v) is 4.20. The molecule has 3 heteroatoms. The third-order valence-corrected chi connectivity index (χ3v) is 2.91. The van der Waals surface area contributed by atoms with Gasteiger partial charge in [0.1, 0.15) is 0 Å². The summed E-state index contributed by atoms with van der Waals surface area (Å²) >= 11 is 2.32. The van der Waals surface area contributed by atoms with E-state index in [1.807, 2.05) is 12.1 Å². The second kappa shape index (κ2) is 6.01. The summed E-state index contributed by atoms with van der Waals surface area (Å²) < 4.78 is 6.13. The van der Waals surface area contributed by atoms with E-state index in [9.17, 15) is 4.79 Å². The Morgan fingerprint density at radius 1 is 1.43 bits per heavy atom. The average Bonchev–Trinajstić information content (AvgIpc) is 2.15. The number of hydrogen-bond acceptors (Lipinski definition) is 2. The highest BCUT2D eigenvalue weighted by Gasteiger charge is 1.98. The summed E-state index contributed by atoms with van der Waals surface area (Å²) in [6.45, 7) is 1.95. The standard InChI is InChI=1S/C11H13IO2/c1-9(13)14-8-4-6-10-5-2-3-7-11(10)12/h2-3,5,7H,4,6,8H2,1H3. The van der Waals surface area contributed by atoms with Crippen LogP contribution in [0.4, 0.5) is 0 Å². The van der Waals surface area contributed by atoms with Crippen LogP contribution in [0.2, 0.25) is 0 Å². The SMILES string of the molecule is CC(=O)OCCCc1ccccc1I. The van der Waals surface area contributed by atoms with Gasteiger partial charge < -0.3 is 4.74 Å². The number of carbonyl (C=O) groups excluding carboxylic acids is 1. The lowest BCUT2D eigenvalue weighted by Crippen LogP contribution is -2.02. The minimum atomic E-state index is -0.201. The van der Waals surface area contributed by atoms with E-state index in [0.717, 1.165) is 12.8 Å². The first-order chi connectivity index (χ1) is 6.70. The van der Waals surface area contributed by atoms with Crippen molar-refractivity contribution in [3.05, 3.63) is 33.4 Å². The Kier molecular flexibility index (Phi) is 4.93. The first kappa shape index (κ1) is 11.5. The number of rotatable bonds is 4. The van der Waals surface area contributed by atoms with Crippen LogP contribution in [0.25, 0.3) is 0 Å². The molecule has 14 heavy (non-hydrogen) atoms. The summed E-state index contributed by atoms with van der Waals surface area (Å²) in [5.41, 5.74) is 1.32. The van der Waals surface area contributed by atoms with E-state index in [4.69, 9.17) is 4.74 Å². The first-order valence-corrected chi connectivity index (χ1v) is 5.65. The Hall–Kier alpha value is -0.580. The van der Waals surface area contributed by atoms with Crippen LogP contribution in [0, 0.1) is 3.57 Å². The highest BCUT2D eigenvalue weighted by molar-refractivity contribution is 14.1. The van der Waals surface area contributed by atoms with Crippen molar-refractivity contribution in [2.24, 2.45) is 0 Å². The second-order valence-electron chi connectivity index (χ2n) is 3.04. The number of hydrogen-bond donors (Lipinski definition) is 0. The fourth-order valence-electron chi connectivity index (χ4n) is 1.18. The van der Waals surface area contributed by atoms with Gasteiger partial charge in [-0.3, -0.25) is 4.79 Å². The van der Waals surface area contributed by atoms with Gasteiger partial charge in [0.15, 0.2) is 0 Å². The van der Waals surface area contributed by atoms with Crippen LogP contribution in [0.15, 0.2) is 24.3 Å². The topological polar surface area (TPSA) is 26.3 Å². The molecule has 0 spiro atoms. The lowest BCUT2D eigenvalue weighted by atomic mass is 10.1. The molecule has 1 rings (SSSR count). The van der Waals surface area contributed by atoms with E-state index < -0.39 is 0 Å². The smallest absolute Gasteiger partial charge is 0.302 e. The normalized spacial score (nSPS) is 9.86. The summed E-state index contributed by atoms with van der Waals surface area (Å²) in [5, 5.41) is 0. The summed E-state index contributed by atoms with van der Waals surface area (Å²) in [7, 11) is 0. The van der Waals surface area contributed by atoms with Gasteiger partial charge in [0.2, 0.25) is 0 Å². The fourth-order valence-corrected chi connectivity index (χ4v) is 1.84. The highest BCUT2D eigenvalue weighted by Crippen LogP contribution is 2.13. The van der Waals surface area contributed by atoms with Gasteiger partial charge >= 0.3 is 5.97 Å². The van der Waals surface area contributed by atoms with Crippen molar-refractivity contribution >= 4 is 28.6 Å². The van der Waals surface area contributed by atoms with Gasteiger partial charge in [0.25, 0.3) is 0 Å². The number of ether oxygens (including phenoxy) is 1. The molecular weight excluding hydrogens is 291 g/mol. The summed E-state index contributed by atoms with van der Waals surface area (Å²) in [5.74, 6) is -0.201. The molecule has 0 aliphatic heterocycles. The summed E-state index contributed by atoms with van der Waals surface area (Å²) in [6.07, 6.45) is 1.85. The predicted octanol–water partition coefficient (Wildman–Crippen LogP) is 2.79. The zero-order valence-corrected chi connectivity index (χ0v) is 10.3. The molecule has 0 fully saturated rings. The van der Waals surface area contributed by atoms with E-state index in [1.54, 1.807) is 0 Å². The quantitative estimate of drug-likeness (QED) is 0.486. The molecule has 76 valence electrons. The molecule has 0 bridgehead atoms. The Morgan fingerprint density at radius 2 is 2.14 bits per heavy atom. The van der Waals surface area contributed by atoms with E-state index >= 15 is 0 Å². The van der Waals surface area contributed by atoms with Gasteiger partial charge in [-0.05, 0) is 47.1 Å². The van der Waals surface area contributed by atoms with Crippen molar-refractivity contribution in [1.82, 2.24) is 0 Å². The Labute approximate surface area is 97.8 Å². The maximum atomic E-state index is 10.5. The molecule has 0 radical (unpaired) electrons. The van der Waals surface area contributed by atoms with Gasteiger partial charge in [-0.1, -0.05) is 18.2 Å². The van der Waals surface area contributed by atoms with Crippen molar-refractivity contribution in [2.45, 2.75) is 19.8 Å². The van der Waals surface area contributed by atoms with E-state index in [-0.39, 0.29) is 5.97 Å². The summed E-state index contributed by atoms with van der Waals surface area (Å²) in [4.78, 5) is 10.5. The average molecular weight is 304 g/mol. The molecule has 1 aromatic carbocycles. The van der Waals surface area contributed by atoms with E-state index in [1.165, 1.54) is 16.1 Å². The van der Waals surface area contributed by atoms with Gasteiger partial charge in [0.05, 0.1) is 6.61 Å². The predicted molar refractivity (Wildman–Crippen MR) is 64.1 cm³/mol. The molecule has 0 saturated carbocycles.